The molecule has 0 aliphatic heterocycles. The minimum Gasteiger partial charge on any atom is -0.503 e. The van der Waals surface area contributed by atoms with Crippen LogP contribution in [0.25, 0.3) is 0 Å². The van der Waals surface area contributed by atoms with Gasteiger partial charge < -0.3 is 10.4 Å². The van der Waals surface area contributed by atoms with E-state index in [1.54, 1.807) is 6.07 Å². The van der Waals surface area contributed by atoms with E-state index in [1.807, 2.05) is 0 Å². The van der Waals surface area contributed by atoms with Crippen molar-refractivity contribution in [1.82, 2.24) is 4.98 Å². The van der Waals surface area contributed by atoms with E-state index in [0.29, 0.717) is 16.3 Å². The molecule has 0 aliphatic carbocycles. The summed E-state index contributed by atoms with van der Waals surface area (Å²) in [5.41, 5.74) is 0.913. The molecular formula is C12H9ClF2N2O. The van der Waals surface area contributed by atoms with Crippen LogP contribution < -0.4 is 5.32 Å². The Morgan fingerprint density at radius 2 is 1.94 bits per heavy atom. The van der Waals surface area contributed by atoms with Gasteiger partial charge in [0.1, 0.15) is 0 Å². The van der Waals surface area contributed by atoms with E-state index in [0.717, 1.165) is 12.1 Å². The number of pyridine rings is 1. The molecule has 1 aromatic heterocycles. The first-order valence-electron chi connectivity index (χ1n) is 5.08. The van der Waals surface area contributed by atoms with Crippen molar-refractivity contribution in [3.63, 3.8) is 0 Å². The van der Waals surface area contributed by atoms with Crippen LogP contribution in [0.3, 0.4) is 0 Å². The van der Waals surface area contributed by atoms with Gasteiger partial charge in [-0.1, -0.05) is 11.6 Å². The second-order valence-corrected chi connectivity index (χ2v) is 4.02. The number of halogens is 3. The Kier molecular flexibility index (Phi) is 3.62. The van der Waals surface area contributed by atoms with Crippen LogP contribution in [-0.4, -0.2) is 10.1 Å². The van der Waals surface area contributed by atoms with Crippen LogP contribution in [0.15, 0.2) is 30.6 Å². The van der Waals surface area contributed by atoms with Crippen molar-refractivity contribution in [1.29, 1.82) is 0 Å². The molecule has 0 amide bonds. The number of aromatic hydroxyl groups is 1. The lowest BCUT2D eigenvalue weighted by molar-refractivity contribution is 0.395. The number of rotatable bonds is 3. The van der Waals surface area contributed by atoms with Gasteiger partial charge in [0.05, 0.1) is 16.9 Å². The molecule has 2 aromatic rings. The van der Waals surface area contributed by atoms with Gasteiger partial charge in [-0.15, -0.1) is 0 Å². The monoisotopic (exact) mass is 270 g/mol. The Labute approximate surface area is 107 Å². The second-order valence-electron chi connectivity index (χ2n) is 3.62. The Morgan fingerprint density at radius 1 is 1.28 bits per heavy atom. The average molecular weight is 271 g/mol. The van der Waals surface area contributed by atoms with Gasteiger partial charge in [0.2, 0.25) is 0 Å². The molecule has 0 atom stereocenters. The molecule has 6 heteroatoms. The standard InChI is InChI=1S/C12H9ClF2N2O/c13-8-1-2-16-6-11(8)17-5-7-3-9(14)12(18)10(15)4-7/h1-4,6,17-18H,5H2. The fourth-order valence-corrected chi connectivity index (χ4v) is 1.60. The quantitative estimate of drug-likeness (QED) is 0.899. The van der Waals surface area contributed by atoms with E-state index < -0.39 is 17.4 Å². The molecule has 18 heavy (non-hydrogen) atoms. The molecule has 0 fully saturated rings. The number of anilines is 1. The molecule has 0 radical (unpaired) electrons. The van der Waals surface area contributed by atoms with Gasteiger partial charge >= 0.3 is 0 Å². The maximum Gasteiger partial charge on any atom is 0.187 e. The topological polar surface area (TPSA) is 45.1 Å². The number of benzene rings is 1. The third kappa shape index (κ3) is 2.68. The van der Waals surface area contributed by atoms with Crippen molar-refractivity contribution < 1.29 is 13.9 Å². The zero-order valence-corrected chi connectivity index (χ0v) is 9.88. The minimum atomic E-state index is -0.996. The Balaban J connectivity index is 2.14. The molecule has 1 aromatic carbocycles. The number of hydrogen-bond acceptors (Lipinski definition) is 3. The highest BCUT2D eigenvalue weighted by Crippen LogP contribution is 2.23. The molecule has 2 N–H and O–H groups in total. The summed E-state index contributed by atoms with van der Waals surface area (Å²) in [6.07, 6.45) is 3.04. The average Bonchev–Trinajstić information content (AvgIpc) is 2.35. The van der Waals surface area contributed by atoms with Gasteiger partial charge in [-0.2, -0.15) is 0 Å². The third-order valence-corrected chi connectivity index (χ3v) is 2.66. The molecule has 94 valence electrons. The number of aromatic nitrogens is 1. The van der Waals surface area contributed by atoms with Gasteiger partial charge in [0.25, 0.3) is 0 Å². The summed E-state index contributed by atoms with van der Waals surface area (Å²) in [4.78, 5) is 3.87. The van der Waals surface area contributed by atoms with Crippen molar-refractivity contribution >= 4 is 17.3 Å². The van der Waals surface area contributed by atoms with E-state index in [1.165, 1.54) is 12.4 Å². The number of hydrogen-bond donors (Lipinski definition) is 2. The zero-order chi connectivity index (χ0) is 13.1. The van der Waals surface area contributed by atoms with Crippen molar-refractivity contribution in [2.45, 2.75) is 6.54 Å². The van der Waals surface area contributed by atoms with Crippen LogP contribution in [0.5, 0.6) is 5.75 Å². The molecule has 0 saturated carbocycles. The fraction of sp³-hybridized carbons (Fsp3) is 0.0833. The predicted octanol–water partition coefficient (Wildman–Crippen LogP) is 3.33. The molecule has 0 saturated heterocycles. The summed E-state index contributed by atoms with van der Waals surface area (Å²) < 4.78 is 26.2. The summed E-state index contributed by atoms with van der Waals surface area (Å²) in [5, 5.41) is 12.3. The van der Waals surface area contributed by atoms with Crippen LogP contribution in [0.1, 0.15) is 5.56 Å². The zero-order valence-electron chi connectivity index (χ0n) is 9.12. The van der Waals surface area contributed by atoms with Crippen molar-refractivity contribution in [2.24, 2.45) is 0 Å². The van der Waals surface area contributed by atoms with Gasteiger partial charge in [-0.25, -0.2) is 8.78 Å². The highest BCUT2D eigenvalue weighted by atomic mass is 35.5. The van der Waals surface area contributed by atoms with E-state index >= 15 is 0 Å². The Bertz CT molecular complexity index is 555. The Morgan fingerprint density at radius 3 is 2.56 bits per heavy atom. The summed E-state index contributed by atoms with van der Waals surface area (Å²) in [7, 11) is 0. The number of nitrogens with one attached hydrogen (secondary N) is 1. The molecular weight excluding hydrogens is 262 g/mol. The van der Waals surface area contributed by atoms with Crippen LogP contribution in [0, 0.1) is 11.6 Å². The first-order valence-corrected chi connectivity index (χ1v) is 5.46. The fourth-order valence-electron chi connectivity index (χ4n) is 1.42. The molecule has 0 bridgehead atoms. The summed E-state index contributed by atoms with van der Waals surface area (Å²) in [5.74, 6) is -2.97. The maximum atomic E-state index is 13.1. The van der Waals surface area contributed by atoms with Gasteiger partial charge in [-0.3, -0.25) is 4.98 Å². The largest absolute Gasteiger partial charge is 0.503 e. The van der Waals surface area contributed by atoms with E-state index in [-0.39, 0.29) is 6.54 Å². The van der Waals surface area contributed by atoms with Crippen LogP contribution in [0.2, 0.25) is 5.02 Å². The first kappa shape index (κ1) is 12.6. The highest BCUT2D eigenvalue weighted by molar-refractivity contribution is 6.33. The summed E-state index contributed by atoms with van der Waals surface area (Å²) >= 11 is 5.89. The Hall–Kier alpha value is -1.88. The normalized spacial score (nSPS) is 10.4. The third-order valence-electron chi connectivity index (χ3n) is 2.33. The van der Waals surface area contributed by atoms with Crippen molar-refractivity contribution in [3.05, 3.63) is 52.8 Å². The molecule has 0 unspecified atom stereocenters. The molecule has 0 aliphatic rings. The van der Waals surface area contributed by atoms with E-state index in [2.05, 4.69) is 10.3 Å². The number of phenols is 1. The lowest BCUT2D eigenvalue weighted by atomic mass is 10.2. The highest BCUT2D eigenvalue weighted by Gasteiger charge is 2.09. The van der Waals surface area contributed by atoms with E-state index in [4.69, 9.17) is 16.7 Å². The minimum absolute atomic E-state index is 0.166. The molecule has 1 heterocycles. The van der Waals surface area contributed by atoms with Crippen molar-refractivity contribution in [2.75, 3.05) is 5.32 Å². The lowest BCUT2D eigenvalue weighted by Crippen LogP contribution is -2.01. The van der Waals surface area contributed by atoms with Crippen LogP contribution in [-0.2, 0) is 6.54 Å². The maximum absolute atomic E-state index is 13.1. The lowest BCUT2D eigenvalue weighted by Gasteiger charge is -2.08. The predicted molar refractivity (Wildman–Crippen MR) is 64.6 cm³/mol. The molecule has 2 rings (SSSR count). The van der Waals surface area contributed by atoms with Gasteiger partial charge in [0, 0.05) is 12.7 Å². The van der Waals surface area contributed by atoms with E-state index in [9.17, 15) is 8.78 Å². The van der Waals surface area contributed by atoms with Crippen LogP contribution >= 0.6 is 11.6 Å². The van der Waals surface area contributed by atoms with Gasteiger partial charge in [-0.05, 0) is 23.8 Å². The summed E-state index contributed by atoms with van der Waals surface area (Å²) in [6.45, 7) is 0.166. The molecule has 0 spiro atoms. The van der Waals surface area contributed by atoms with Gasteiger partial charge in [0.15, 0.2) is 17.4 Å². The first-order chi connectivity index (χ1) is 8.58. The smallest absolute Gasteiger partial charge is 0.187 e. The van der Waals surface area contributed by atoms with Crippen molar-refractivity contribution in [3.8, 4) is 5.75 Å². The second kappa shape index (κ2) is 5.18. The van der Waals surface area contributed by atoms with Crippen LogP contribution in [0.4, 0.5) is 14.5 Å². The SMILES string of the molecule is Oc1c(F)cc(CNc2cnccc2Cl)cc1F. The number of nitrogens with zero attached hydrogens (tertiary/aromatic N) is 1. The number of phenolic OH excluding ortho intramolecular Hbond substituents is 1. The molecule has 3 nitrogen and oxygen atoms in total. The summed E-state index contributed by atoms with van der Waals surface area (Å²) in [6, 6.07) is 3.70.